The Balaban J connectivity index is 1.65. The zero-order valence-electron chi connectivity index (χ0n) is 15.1. The predicted octanol–water partition coefficient (Wildman–Crippen LogP) is 2.76. The highest BCUT2D eigenvalue weighted by atomic mass is 16.6. The Hall–Kier alpha value is -3.22. The first-order valence-electron chi connectivity index (χ1n) is 8.92. The van der Waals surface area contributed by atoms with Crippen LogP contribution in [0.5, 0.6) is 0 Å². The minimum absolute atomic E-state index is 0.0598. The van der Waals surface area contributed by atoms with Gasteiger partial charge in [-0.2, -0.15) is 0 Å². The molecule has 2 amide bonds. The number of hydrogen-bond acceptors (Lipinski definition) is 4. The second-order valence-corrected chi connectivity index (χ2v) is 6.41. The second kappa shape index (κ2) is 7.99. The van der Waals surface area contributed by atoms with Gasteiger partial charge in [-0.25, -0.2) is 0 Å². The largest absolute Gasteiger partial charge is 0.335 e. The van der Waals surface area contributed by atoms with Gasteiger partial charge in [-0.1, -0.05) is 31.2 Å². The first kappa shape index (κ1) is 18.6. The summed E-state index contributed by atoms with van der Waals surface area (Å²) in [6.45, 7) is 3.57. The number of benzene rings is 2. The number of para-hydroxylation sites is 1. The number of nitrogens with zero attached hydrogens (tertiary/aromatic N) is 3. The van der Waals surface area contributed by atoms with E-state index < -0.39 is 4.92 Å². The molecule has 2 aromatic rings. The van der Waals surface area contributed by atoms with Crippen LogP contribution in [-0.2, 0) is 6.42 Å². The van der Waals surface area contributed by atoms with Gasteiger partial charge in [-0.3, -0.25) is 19.7 Å². The van der Waals surface area contributed by atoms with Crippen LogP contribution >= 0.6 is 0 Å². The van der Waals surface area contributed by atoms with Gasteiger partial charge in [0.05, 0.1) is 4.92 Å². The molecule has 0 bridgehead atoms. The molecule has 0 spiro atoms. The molecular weight excluding hydrogens is 346 g/mol. The van der Waals surface area contributed by atoms with E-state index in [2.05, 4.69) is 6.92 Å². The van der Waals surface area contributed by atoms with E-state index in [1.54, 1.807) is 15.9 Å². The monoisotopic (exact) mass is 367 g/mol. The van der Waals surface area contributed by atoms with Crippen LogP contribution in [-0.4, -0.2) is 52.7 Å². The summed E-state index contributed by atoms with van der Waals surface area (Å²) in [4.78, 5) is 39.1. The van der Waals surface area contributed by atoms with Crippen LogP contribution in [0.15, 0.2) is 48.5 Å². The standard InChI is InChI=1S/C20H21N3O4/c1-2-15-7-9-16(10-8-15)19(24)21-11-13-22(14-12-21)20(25)17-5-3-4-6-18(17)23(26)27/h3-10H,2,11-14H2,1H3. The third-order valence-electron chi connectivity index (χ3n) is 4.79. The molecule has 140 valence electrons. The number of hydrogen-bond donors (Lipinski definition) is 0. The molecule has 1 aliphatic heterocycles. The fourth-order valence-electron chi connectivity index (χ4n) is 3.16. The topological polar surface area (TPSA) is 83.8 Å². The van der Waals surface area contributed by atoms with Crippen LogP contribution < -0.4 is 0 Å². The molecule has 7 heteroatoms. The summed E-state index contributed by atoms with van der Waals surface area (Å²) in [6.07, 6.45) is 0.918. The van der Waals surface area contributed by atoms with E-state index in [9.17, 15) is 19.7 Å². The quantitative estimate of drug-likeness (QED) is 0.614. The van der Waals surface area contributed by atoms with Crippen LogP contribution in [0, 0.1) is 10.1 Å². The number of rotatable bonds is 4. The van der Waals surface area contributed by atoms with Crippen molar-refractivity contribution in [3.05, 3.63) is 75.3 Å². The lowest BCUT2D eigenvalue weighted by Crippen LogP contribution is -2.50. The van der Waals surface area contributed by atoms with Crippen molar-refractivity contribution in [3.63, 3.8) is 0 Å². The Morgan fingerprint density at radius 2 is 1.48 bits per heavy atom. The van der Waals surface area contributed by atoms with Gasteiger partial charge in [0.15, 0.2) is 0 Å². The van der Waals surface area contributed by atoms with Gasteiger partial charge in [0.25, 0.3) is 17.5 Å². The van der Waals surface area contributed by atoms with Gasteiger partial charge >= 0.3 is 0 Å². The number of carbonyl (C=O) groups is 2. The van der Waals surface area contributed by atoms with Crippen LogP contribution in [0.4, 0.5) is 5.69 Å². The Bertz CT molecular complexity index is 856. The van der Waals surface area contributed by atoms with Crippen LogP contribution in [0.2, 0.25) is 0 Å². The summed E-state index contributed by atoms with van der Waals surface area (Å²) in [7, 11) is 0. The van der Waals surface area contributed by atoms with E-state index in [0.29, 0.717) is 31.7 Å². The van der Waals surface area contributed by atoms with E-state index >= 15 is 0 Å². The molecule has 2 aromatic carbocycles. The lowest BCUT2D eigenvalue weighted by Gasteiger charge is -2.34. The highest BCUT2D eigenvalue weighted by Gasteiger charge is 2.28. The summed E-state index contributed by atoms with van der Waals surface area (Å²) < 4.78 is 0. The Morgan fingerprint density at radius 1 is 0.926 bits per heavy atom. The molecule has 7 nitrogen and oxygen atoms in total. The van der Waals surface area contributed by atoms with E-state index in [1.807, 2.05) is 24.3 Å². The van der Waals surface area contributed by atoms with E-state index in [4.69, 9.17) is 0 Å². The van der Waals surface area contributed by atoms with Crippen molar-refractivity contribution in [1.82, 2.24) is 9.80 Å². The third-order valence-corrected chi connectivity index (χ3v) is 4.79. The maximum absolute atomic E-state index is 12.7. The third kappa shape index (κ3) is 3.97. The smallest absolute Gasteiger partial charge is 0.282 e. The first-order valence-corrected chi connectivity index (χ1v) is 8.92. The van der Waals surface area contributed by atoms with Gasteiger partial charge in [0.1, 0.15) is 5.56 Å². The summed E-state index contributed by atoms with van der Waals surface area (Å²) in [5.41, 5.74) is 1.69. The van der Waals surface area contributed by atoms with Crippen molar-refractivity contribution in [1.29, 1.82) is 0 Å². The van der Waals surface area contributed by atoms with Crippen molar-refractivity contribution < 1.29 is 14.5 Å². The van der Waals surface area contributed by atoms with E-state index in [-0.39, 0.29) is 23.1 Å². The van der Waals surface area contributed by atoms with Crippen LogP contribution in [0.3, 0.4) is 0 Å². The number of aryl methyl sites for hydroxylation is 1. The first-order chi connectivity index (χ1) is 13.0. The fourth-order valence-corrected chi connectivity index (χ4v) is 3.16. The summed E-state index contributed by atoms with van der Waals surface area (Å²) in [6, 6.07) is 13.5. The molecular formula is C20H21N3O4. The summed E-state index contributed by atoms with van der Waals surface area (Å²) >= 11 is 0. The fraction of sp³-hybridized carbons (Fsp3) is 0.300. The van der Waals surface area contributed by atoms with Gasteiger partial charge in [-0.05, 0) is 30.2 Å². The highest BCUT2D eigenvalue weighted by molar-refractivity contribution is 5.98. The normalized spacial score (nSPS) is 14.1. The lowest BCUT2D eigenvalue weighted by molar-refractivity contribution is -0.385. The molecule has 1 fully saturated rings. The van der Waals surface area contributed by atoms with Gasteiger partial charge in [-0.15, -0.1) is 0 Å². The van der Waals surface area contributed by atoms with Crippen molar-refractivity contribution in [2.75, 3.05) is 26.2 Å². The van der Waals surface area contributed by atoms with Gasteiger partial charge < -0.3 is 9.80 Å². The minimum Gasteiger partial charge on any atom is -0.335 e. The van der Waals surface area contributed by atoms with Crippen molar-refractivity contribution in [2.45, 2.75) is 13.3 Å². The molecule has 0 aliphatic carbocycles. The maximum atomic E-state index is 12.7. The lowest BCUT2D eigenvalue weighted by atomic mass is 10.1. The average Bonchev–Trinajstić information content (AvgIpc) is 2.73. The number of piperazine rings is 1. The van der Waals surface area contributed by atoms with Gasteiger partial charge in [0.2, 0.25) is 0 Å². The molecule has 3 rings (SSSR count). The van der Waals surface area contributed by atoms with Crippen LogP contribution in [0.25, 0.3) is 0 Å². The maximum Gasteiger partial charge on any atom is 0.282 e. The molecule has 1 aliphatic rings. The van der Waals surface area contributed by atoms with Crippen molar-refractivity contribution in [2.24, 2.45) is 0 Å². The van der Waals surface area contributed by atoms with Crippen LogP contribution in [0.1, 0.15) is 33.2 Å². The molecule has 0 unspecified atom stereocenters. The molecule has 0 radical (unpaired) electrons. The Kier molecular flexibility index (Phi) is 5.49. The van der Waals surface area contributed by atoms with E-state index in [0.717, 1.165) is 6.42 Å². The summed E-state index contributed by atoms with van der Waals surface area (Å²) in [5, 5.41) is 11.1. The SMILES string of the molecule is CCc1ccc(C(=O)N2CCN(C(=O)c3ccccc3[N+](=O)[O-])CC2)cc1. The zero-order chi connectivity index (χ0) is 19.4. The molecule has 27 heavy (non-hydrogen) atoms. The molecule has 0 saturated carbocycles. The predicted molar refractivity (Wildman–Crippen MR) is 101 cm³/mol. The number of amides is 2. The zero-order valence-corrected chi connectivity index (χ0v) is 15.1. The van der Waals surface area contributed by atoms with Crippen molar-refractivity contribution in [3.8, 4) is 0 Å². The summed E-state index contributed by atoms with van der Waals surface area (Å²) in [5.74, 6) is -0.433. The minimum atomic E-state index is -0.549. The molecule has 0 N–H and O–H groups in total. The Labute approximate surface area is 157 Å². The molecule has 0 aromatic heterocycles. The number of nitro benzene ring substituents is 1. The second-order valence-electron chi connectivity index (χ2n) is 6.41. The van der Waals surface area contributed by atoms with E-state index in [1.165, 1.54) is 23.8 Å². The molecule has 1 heterocycles. The Morgan fingerprint density at radius 3 is 2.04 bits per heavy atom. The molecule has 1 saturated heterocycles. The highest BCUT2D eigenvalue weighted by Crippen LogP contribution is 2.20. The number of nitro groups is 1. The van der Waals surface area contributed by atoms with Gasteiger partial charge in [0, 0.05) is 37.8 Å². The van der Waals surface area contributed by atoms with Crippen molar-refractivity contribution >= 4 is 17.5 Å². The number of carbonyl (C=O) groups excluding carboxylic acids is 2. The molecule has 0 atom stereocenters. The average molecular weight is 367 g/mol.